The summed E-state index contributed by atoms with van der Waals surface area (Å²) in [5, 5.41) is 3.41. The second-order valence-corrected chi connectivity index (χ2v) is 11.9. The highest BCUT2D eigenvalue weighted by Gasteiger charge is 2.33. The molecule has 1 heterocycles. The minimum Gasteiger partial charge on any atom is -0.494 e. The standard InChI is InChI=1S/C36H41N3O6/c1-38(2)21-5-9-32-30-8-4-3-7-26(30)15-16-28-23-29(17-18-31(28)32)44-22-6-10-33(40)37-24-25-11-13-27(14-12-25)36(43)45-39-34(41)19-20-35(39)42/h3-4,7-8,11-14,17-18,23,32H,5-6,9-10,15-16,19-22,24H2,1-2H3,(H,37,40). The Morgan fingerprint density at radius 1 is 0.867 bits per heavy atom. The number of benzene rings is 3. The van der Waals surface area contributed by atoms with Gasteiger partial charge in [0, 0.05) is 31.7 Å². The zero-order valence-electron chi connectivity index (χ0n) is 26.1. The molecule has 1 unspecified atom stereocenters. The Morgan fingerprint density at radius 2 is 1.58 bits per heavy atom. The van der Waals surface area contributed by atoms with E-state index in [4.69, 9.17) is 9.57 Å². The third kappa shape index (κ3) is 8.36. The molecule has 0 bridgehead atoms. The number of carbonyl (C=O) groups is 4. The van der Waals surface area contributed by atoms with E-state index in [9.17, 15) is 19.2 Å². The van der Waals surface area contributed by atoms with Crippen LogP contribution in [0, 0.1) is 0 Å². The highest BCUT2D eigenvalue weighted by Crippen LogP contribution is 2.38. The predicted octanol–water partition coefficient (Wildman–Crippen LogP) is 4.96. The molecule has 9 heteroatoms. The first-order valence-corrected chi connectivity index (χ1v) is 15.7. The number of carbonyl (C=O) groups excluding carboxylic acids is 4. The van der Waals surface area contributed by atoms with Crippen molar-refractivity contribution in [1.82, 2.24) is 15.3 Å². The molecular formula is C36H41N3O6. The molecule has 1 aliphatic carbocycles. The minimum atomic E-state index is -0.784. The van der Waals surface area contributed by atoms with Crippen LogP contribution in [0.25, 0.3) is 0 Å². The van der Waals surface area contributed by atoms with Crippen molar-refractivity contribution in [3.05, 3.63) is 100 Å². The summed E-state index contributed by atoms with van der Waals surface area (Å²) < 4.78 is 6.07. The van der Waals surface area contributed by atoms with Crippen molar-refractivity contribution in [2.75, 3.05) is 27.2 Å². The molecule has 1 aliphatic heterocycles. The van der Waals surface area contributed by atoms with Crippen molar-refractivity contribution in [2.45, 2.75) is 63.8 Å². The van der Waals surface area contributed by atoms with Gasteiger partial charge >= 0.3 is 5.97 Å². The summed E-state index contributed by atoms with van der Waals surface area (Å²) in [5.74, 6) is -0.705. The molecule has 5 rings (SSSR count). The van der Waals surface area contributed by atoms with Crippen molar-refractivity contribution < 1.29 is 28.8 Å². The van der Waals surface area contributed by atoms with Gasteiger partial charge in [0.05, 0.1) is 12.2 Å². The summed E-state index contributed by atoms with van der Waals surface area (Å²) in [6.45, 7) is 1.82. The van der Waals surface area contributed by atoms with Crippen LogP contribution in [0.2, 0.25) is 0 Å². The number of rotatable bonds is 13. The van der Waals surface area contributed by atoms with Crippen LogP contribution in [0.5, 0.6) is 5.75 Å². The minimum absolute atomic E-state index is 0.0403. The molecule has 3 aromatic rings. The number of imide groups is 1. The van der Waals surface area contributed by atoms with E-state index in [1.165, 1.54) is 34.4 Å². The van der Waals surface area contributed by atoms with E-state index in [0.29, 0.717) is 37.0 Å². The number of hydrogen-bond acceptors (Lipinski definition) is 7. The van der Waals surface area contributed by atoms with Crippen LogP contribution in [0.1, 0.15) is 82.6 Å². The maximum absolute atomic E-state index is 12.4. The van der Waals surface area contributed by atoms with Crippen LogP contribution in [-0.4, -0.2) is 60.9 Å². The summed E-state index contributed by atoms with van der Waals surface area (Å²) in [4.78, 5) is 55.2. The molecular weight excluding hydrogens is 570 g/mol. The van der Waals surface area contributed by atoms with Gasteiger partial charge in [0.2, 0.25) is 5.91 Å². The first-order valence-electron chi connectivity index (χ1n) is 15.7. The van der Waals surface area contributed by atoms with Gasteiger partial charge in [-0.05, 0) is 105 Å². The lowest BCUT2D eigenvalue weighted by Crippen LogP contribution is -2.32. The Balaban J connectivity index is 1.07. The molecule has 0 aromatic heterocycles. The molecule has 9 nitrogen and oxygen atoms in total. The van der Waals surface area contributed by atoms with Crippen molar-refractivity contribution in [1.29, 1.82) is 0 Å². The first-order chi connectivity index (χ1) is 21.8. The van der Waals surface area contributed by atoms with Crippen LogP contribution in [0.4, 0.5) is 0 Å². The van der Waals surface area contributed by atoms with Crippen LogP contribution >= 0.6 is 0 Å². The zero-order chi connectivity index (χ0) is 31.8. The Hall–Kier alpha value is -4.50. The fourth-order valence-corrected chi connectivity index (χ4v) is 5.95. The van der Waals surface area contributed by atoms with Gasteiger partial charge in [0.25, 0.3) is 11.8 Å². The lowest BCUT2D eigenvalue weighted by atomic mass is 9.84. The van der Waals surface area contributed by atoms with Crippen LogP contribution in [0.15, 0.2) is 66.7 Å². The SMILES string of the molecule is CN(C)CCCC1c2ccccc2CCc2cc(OCCCC(=O)NCc3ccc(C(=O)ON4C(=O)CCC4=O)cc3)ccc21. The molecule has 2 aliphatic rings. The van der Waals surface area contributed by atoms with Crippen molar-refractivity contribution in [2.24, 2.45) is 0 Å². The van der Waals surface area contributed by atoms with E-state index >= 15 is 0 Å². The number of fused-ring (bicyclic) bond motifs is 2. The maximum Gasteiger partial charge on any atom is 0.363 e. The number of amides is 3. The molecule has 0 saturated carbocycles. The number of ether oxygens (including phenoxy) is 1. The maximum atomic E-state index is 12.4. The van der Waals surface area contributed by atoms with E-state index < -0.39 is 17.8 Å². The summed E-state index contributed by atoms with van der Waals surface area (Å²) in [6, 6.07) is 21.8. The molecule has 0 radical (unpaired) electrons. The van der Waals surface area contributed by atoms with Crippen molar-refractivity contribution >= 4 is 23.7 Å². The fraction of sp³-hybridized carbons (Fsp3) is 0.389. The van der Waals surface area contributed by atoms with Crippen LogP contribution < -0.4 is 10.1 Å². The Labute approximate surface area is 264 Å². The van der Waals surface area contributed by atoms with Gasteiger partial charge in [-0.2, -0.15) is 0 Å². The van der Waals surface area contributed by atoms with Crippen molar-refractivity contribution in [3.8, 4) is 5.75 Å². The number of nitrogens with one attached hydrogen (secondary N) is 1. The molecule has 1 N–H and O–H groups in total. The molecule has 1 saturated heterocycles. The number of hydroxylamine groups is 2. The average Bonchev–Trinajstić information content (AvgIpc) is 3.26. The molecule has 0 spiro atoms. The van der Waals surface area contributed by atoms with E-state index in [-0.39, 0.29) is 24.3 Å². The highest BCUT2D eigenvalue weighted by molar-refractivity contribution is 6.02. The van der Waals surface area contributed by atoms with Gasteiger partial charge < -0.3 is 19.8 Å². The van der Waals surface area contributed by atoms with Crippen LogP contribution in [0.3, 0.4) is 0 Å². The van der Waals surface area contributed by atoms with Gasteiger partial charge in [-0.1, -0.05) is 42.5 Å². The molecule has 3 amide bonds. The van der Waals surface area contributed by atoms with Gasteiger partial charge in [-0.25, -0.2) is 4.79 Å². The second kappa shape index (κ2) is 15.0. The van der Waals surface area contributed by atoms with E-state index in [1.807, 2.05) is 0 Å². The normalized spacial score (nSPS) is 15.8. The monoisotopic (exact) mass is 611 g/mol. The predicted molar refractivity (Wildman–Crippen MR) is 169 cm³/mol. The summed E-state index contributed by atoms with van der Waals surface area (Å²) in [6.07, 6.45) is 5.24. The molecule has 236 valence electrons. The topological polar surface area (TPSA) is 105 Å². The van der Waals surface area contributed by atoms with Gasteiger partial charge in [-0.15, -0.1) is 5.06 Å². The molecule has 1 atom stereocenters. The molecule has 1 fully saturated rings. The Bertz CT molecular complexity index is 1520. The molecule has 3 aromatic carbocycles. The average molecular weight is 612 g/mol. The summed E-state index contributed by atoms with van der Waals surface area (Å²) in [5.41, 5.74) is 6.62. The third-order valence-electron chi connectivity index (χ3n) is 8.36. The lowest BCUT2D eigenvalue weighted by molar-refractivity contribution is -0.172. The van der Waals surface area contributed by atoms with E-state index in [1.54, 1.807) is 12.1 Å². The van der Waals surface area contributed by atoms with E-state index in [2.05, 4.69) is 66.8 Å². The summed E-state index contributed by atoms with van der Waals surface area (Å²) in [7, 11) is 4.24. The summed E-state index contributed by atoms with van der Waals surface area (Å²) >= 11 is 0. The molecule has 45 heavy (non-hydrogen) atoms. The number of hydrogen-bond donors (Lipinski definition) is 1. The van der Waals surface area contributed by atoms with Gasteiger partial charge in [-0.3, -0.25) is 14.4 Å². The third-order valence-corrected chi connectivity index (χ3v) is 8.36. The largest absolute Gasteiger partial charge is 0.494 e. The second-order valence-electron chi connectivity index (χ2n) is 11.9. The van der Waals surface area contributed by atoms with Crippen molar-refractivity contribution in [3.63, 3.8) is 0 Å². The van der Waals surface area contributed by atoms with Gasteiger partial charge in [0.1, 0.15) is 5.75 Å². The fourth-order valence-electron chi connectivity index (χ4n) is 5.95. The number of aryl methyl sites for hydroxylation is 2. The number of nitrogens with zero attached hydrogens (tertiary/aromatic N) is 2. The quantitative estimate of drug-likeness (QED) is 0.215. The van der Waals surface area contributed by atoms with E-state index in [0.717, 1.165) is 43.5 Å². The lowest BCUT2D eigenvalue weighted by Gasteiger charge is -2.22. The van der Waals surface area contributed by atoms with Crippen LogP contribution in [-0.2, 0) is 38.6 Å². The smallest absolute Gasteiger partial charge is 0.363 e. The zero-order valence-corrected chi connectivity index (χ0v) is 26.1. The Morgan fingerprint density at radius 3 is 2.33 bits per heavy atom. The Kier molecular flexibility index (Phi) is 10.6. The highest BCUT2D eigenvalue weighted by atomic mass is 16.7. The first kappa shape index (κ1) is 31.9. The van der Waals surface area contributed by atoms with Gasteiger partial charge in [0.15, 0.2) is 0 Å².